The molecule has 1 saturated heterocycles. The van der Waals surface area contributed by atoms with E-state index in [4.69, 9.17) is 4.74 Å². The van der Waals surface area contributed by atoms with E-state index >= 15 is 0 Å². The van der Waals surface area contributed by atoms with Crippen molar-refractivity contribution in [3.8, 4) is 0 Å². The molecule has 0 radical (unpaired) electrons. The number of thiophene rings is 1. The molecule has 3 heterocycles. The van der Waals surface area contributed by atoms with Gasteiger partial charge in [-0.3, -0.25) is 14.2 Å². The number of rotatable bonds is 4. The molecule has 110 valence electrons. The summed E-state index contributed by atoms with van der Waals surface area (Å²) in [5.41, 5.74) is 0.587. The Kier molecular flexibility index (Phi) is 3.86. The number of thioether (sulfide) groups is 1. The highest BCUT2D eigenvalue weighted by atomic mass is 32.2. The topological polar surface area (TPSA) is 61.2 Å². The second-order valence-corrected chi connectivity index (χ2v) is 6.91. The van der Waals surface area contributed by atoms with Crippen molar-refractivity contribution in [2.75, 3.05) is 0 Å². The molecular formula is C14H14N2O3S2. The second kappa shape index (κ2) is 5.65. The number of allylic oxidation sites excluding steroid dienone is 1. The molecule has 0 amide bonds. The van der Waals surface area contributed by atoms with Crippen molar-refractivity contribution in [1.29, 1.82) is 0 Å². The van der Waals surface area contributed by atoms with Gasteiger partial charge in [-0.05, 0) is 18.4 Å². The fourth-order valence-corrected chi connectivity index (χ4v) is 4.23. The van der Waals surface area contributed by atoms with Crippen LogP contribution in [0, 0.1) is 0 Å². The highest BCUT2D eigenvalue weighted by Crippen LogP contribution is 2.31. The zero-order chi connectivity index (χ0) is 15.0. The monoisotopic (exact) mass is 322 g/mol. The van der Waals surface area contributed by atoms with Gasteiger partial charge in [0.2, 0.25) is 0 Å². The largest absolute Gasteiger partial charge is 0.462 e. The molecule has 5 nitrogen and oxygen atoms in total. The zero-order valence-electron chi connectivity index (χ0n) is 11.4. The third kappa shape index (κ3) is 2.63. The maximum Gasteiger partial charge on any atom is 0.319 e. The third-order valence-electron chi connectivity index (χ3n) is 3.22. The predicted molar refractivity (Wildman–Crippen MR) is 83.9 cm³/mol. The van der Waals surface area contributed by atoms with Crippen molar-refractivity contribution in [1.82, 2.24) is 9.55 Å². The Morgan fingerprint density at radius 3 is 3.10 bits per heavy atom. The summed E-state index contributed by atoms with van der Waals surface area (Å²) in [7, 11) is 0. The Hall–Kier alpha value is -1.60. The van der Waals surface area contributed by atoms with Gasteiger partial charge < -0.3 is 4.74 Å². The van der Waals surface area contributed by atoms with E-state index in [1.165, 1.54) is 23.1 Å². The standard InChI is InChI=1S/C14H14N2O3S2/c1-3-5-16-12(17)11-9(4-6-20-11)15-14(16)21-10-7-8(2)19-13(10)18/h3-4,6,8,10H,1,5,7H2,2H3/t8-,10-/m1/s1. The van der Waals surface area contributed by atoms with Crippen molar-refractivity contribution < 1.29 is 9.53 Å². The van der Waals surface area contributed by atoms with Crippen molar-refractivity contribution in [2.24, 2.45) is 0 Å². The molecule has 0 bridgehead atoms. The zero-order valence-corrected chi connectivity index (χ0v) is 13.1. The number of hydrogen-bond donors (Lipinski definition) is 0. The van der Waals surface area contributed by atoms with Gasteiger partial charge in [-0.25, -0.2) is 4.98 Å². The maximum atomic E-state index is 12.5. The molecule has 2 aromatic rings. The molecule has 2 atom stereocenters. The van der Waals surface area contributed by atoms with E-state index in [1.54, 1.807) is 10.6 Å². The van der Waals surface area contributed by atoms with Gasteiger partial charge in [0.05, 0.1) is 5.52 Å². The van der Waals surface area contributed by atoms with Crippen LogP contribution >= 0.6 is 23.1 Å². The number of fused-ring (bicyclic) bond motifs is 1. The van der Waals surface area contributed by atoms with Crippen LogP contribution in [0.25, 0.3) is 10.2 Å². The molecular weight excluding hydrogens is 308 g/mol. The highest BCUT2D eigenvalue weighted by Gasteiger charge is 2.34. The van der Waals surface area contributed by atoms with Gasteiger partial charge in [-0.1, -0.05) is 17.8 Å². The van der Waals surface area contributed by atoms with Gasteiger partial charge in [-0.2, -0.15) is 0 Å². The number of aromatic nitrogens is 2. The average molecular weight is 322 g/mol. The Bertz CT molecular complexity index is 765. The Labute approximate surface area is 129 Å². The molecule has 0 aliphatic carbocycles. The van der Waals surface area contributed by atoms with E-state index < -0.39 is 0 Å². The summed E-state index contributed by atoms with van der Waals surface area (Å²) in [6.07, 6.45) is 2.21. The lowest BCUT2D eigenvalue weighted by atomic mass is 10.3. The lowest BCUT2D eigenvalue weighted by molar-refractivity contribution is -0.140. The van der Waals surface area contributed by atoms with Gasteiger partial charge in [-0.15, -0.1) is 17.9 Å². The summed E-state index contributed by atoms with van der Waals surface area (Å²) in [6.45, 7) is 5.92. The number of esters is 1. The fourth-order valence-electron chi connectivity index (χ4n) is 2.25. The van der Waals surface area contributed by atoms with Gasteiger partial charge in [0.15, 0.2) is 5.16 Å². The van der Waals surface area contributed by atoms with Crippen LogP contribution in [-0.4, -0.2) is 26.9 Å². The van der Waals surface area contributed by atoms with Gasteiger partial charge >= 0.3 is 5.97 Å². The molecule has 1 aliphatic rings. The van der Waals surface area contributed by atoms with Crippen LogP contribution in [0.5, 0.6) is 0 Å². The van der Waals surface area contributed by atoms with Crippen LogP contribution in [0.2, 0.25) is 0 Å². The SMILES string of the molecule is C=CCn1c(S[C@@H]2C[C@@H](C)OC2=O)nc2ccsc2c1=O. The van der Waals surface area contributed by atoms with Crippen LogP contribution in [0.3, 0.4) is 0 Å². The highest BCUT2D eigenvalue weighted by molar-refractivity contribution is 8.00. The van der Waals surface area contributed by atoms with E-state index in [9.17, 15) is 9.59 Å². The van der Waals surface area contributed by atoms with Crippen molar-refractivity contribution >= 4 is 39.3 Å². The number of nitrogens with zero attached hydrogens (tertiary/aromatic N) is 2. The van der Waals surface area contributed by atoms with Crippen LogP contribution in [-0.2, 0) is 16.1 Å². The number of carbonyl (C=O) groups excluding carboxylic acids is 1. The van der Waals surface area contributed by atoms with Crippen LogP contribution < -0.4 is 5.56 Å². The molecule has 1 fully saturated rings. The molecule has 0 saturated carbocycles. The quantitative estimate of drug-likeness (QED) is 0.491. The van der Waals surface area contributed by atoms with E-state index in [1.807, 2.05) is 18.4 Å². The molecule has 21 heavy (non-hydrogen) atoms. The summed E-state index contributed by atoms with van der Waals surface area (Å²) < 4.78 is 7.35. The minimum atomic E-state index is -0.306. The Morgan fingerprint density at radius 2 is 2.43 bits per heavy atom. The average Bonchev–Trinajstić information content (AvgIpc) is 3.01. The molecule has 0 aromatic carbocycles. The molecule has 0 N–H and O–H groups in total. The van der Waals surface area contributed by atoms with Crippen LogP contribution in [0.4, 0.5) is 0 Å². The third-order valence-corrected chi connectivity index (χ3v) is 5.30. The lowest BCUT2D eigenvalue weighted by Crippen LogP contribution is -2.23. The van der Waals surface area contributed by atoms with Crippen molar-refractivity contribution in [2.45, 2.75) is 36.4 Å². The predicted octanol–water partition coefficient (Wildman–Crippen LogP) is 2.44. The number of carbonyl (C=O) groups is 1. The summed E-state index contributed by atoms with van der Waals surface area (Å²) >= 11 is 2.67. The molecule has 3 rings (SSSR count). The molecule has 0 spiro atoms. The summed E-state index contributed by atoms with van der Waals surface area (Å²) in [6, 6.07) is 1.82. The molecule has 2 aromatic heterocycles. The Balaban J connectivity index is 2.04. The Morgan fingerprint density at radius 1 is 1.62 bits per heavy atom. The lowest BCUT2D eigenvalue weighted by Gasteiger charge is -2.11. The van der Waals surface area contributed by atoms with Gasteiger partial charge in [0, 0.05) is 13.0 Å². The summed E-state index contributed by atoms with van der Waals surface area (Å²) in [5, 5.41) is 2.08. The smallest absolute Gasteiger partial charge is 0.319 e. The first-order valence-electron chi connectivity index (χ1n) is 6.56. The molecule has 1 aliphatic heterocycles. The van der Waals surface area contributed by atoms with Gasteiger partial charge in [0.1, 0.15) is 16.1 Å². The first-order valence-corrected chi connectivity index (χ1v) is 8.32. The van der Waals surface area contributed by atoms with Crippen molar-refractivity contribution in [3.63, 3.8) is 0 Å². The van der Waals surface area contributed by atoms with E-state index in [-0.39, 0.29) is 22.9 Å². The summed E-state index contributed by atoms with van der Waals surface area (Å²) in [4.78, 5) is 28.8. The number of hydrogen-bond acceptors (Lipinski definition) is 6. The first kappa shape index (κ1) is 14.3. The van der Waals surface area contributed by atoms with E-state index in [2.05, 4.69) is 11.6 Å². The minimum Gasteiger partial charge on any atom is -0.462 e. The first-order chi connectivity index (χ1) is 10.1. The fraction of sp³-hybridized carbons (Fsp3) is 0.357. The van der Waals surface area contributed by atoms with Crippen molar-refractivity contribution in [3.05, 3.63) is 34.5 Å². The van der Waals surface area contributed by atoms with Crippen LogP contribution in [0.1, 0.15) is 13.3 Å². The number of cyclic esters (lactones) is 1. The van der Waals surface area contributed by atoms with E-state index in [0.29, 0.717) is 28.3 Å². The molecule has 0 unspecified atom stereocenters. The molecule has 7 heteroatoms. The second-order valence-electron chi connectivity index (χ2n) is 4.82. The summed E-state index contributed by atoms with van der Waals surface area (Å²) in [5.74, 6) is -0.239. The maximum absolute atomic E-state index is 12.5. The van der Waals surface area contributed by atoms with E-state index in [0.717, 1.165) is 0 Å². The van der Waals surface area contributed by atoms with Gasteiger partial charge in [0.25, 0.3) is 5.56 Å². The van der Waals surface area contributed by atoms with Crippen LogP contribution in [0.15, 0.2) is 34.1 Å². The number of ether oxygens (including phenoxy) is 1. The minimum absolute atomic E-state index is 0.0838. The normalized spacial score (nSPS) is 21.7.